The molecule has 9 heteroatoms. The molecule has 1 heterocycles. The Morgan fingerprint density at radius 1 is 1.10 bits per heavy atom. The van der Waals surface area contributed by atoms with E-state index in [4.69, 9.17) is 21.1 Å². The van der Waals surface area contributed by atoms with E-state index >= 15 is 0 Å². The number of ether oxygens (including phenoxy) is 2. The van der Waals surface area contributed by atoms with E-state index in [1.165, 1.54) is 12.1 Å². The molecule has 0 spiro atoms. The van der Waals surface area contributed by atoms with Crippen molar-refractivity contribution in [2.45, 2.75) is 18.6 Å². The van der Waals surface area contributed by atoms with E-state index < -0.39 is 11.7 Å². The minimum atomic E-state index is -4.38. The smallest absolute Gasteiger partial charge is 0.416 e. The number of morpholine rings is 1. The minimum absolute atomic E-state index is 0.158. The third-order valence-electron chi connectivity index (χ3n) is 5.01. The zero-order valence-electron chi connectivity index (χ0n) is 16.8. The van der Waals surface area contributed by atoms with Gasteiger partial charge >= 0.3 is 6.18 Å². The Labute approximate surface area is 184 Å². The van der Waals surface area contributed by atoms with Crippen molar-refractivity contribution >= 4 is 17.5 Å². The maximum atomic E-state index is 12.9. The van der Waals surface area contributed by atoms with Gasteiger partial charge in [0.15, 0.2) is 0 Å². The third kappa shape index (κ3) is 7.12. The summed E-state index contributed by atoms with van der Waals surface area (Å²) in [5.74, 6) is 0.423. The van der Waals surface area contributed by atoms with Crippen LogP contribution in [0.5, 0.6) is 5.75 Å². The summed E-state index contributed by atoms with van der Waals surface area (Å²) in [7, 11) is 0. The molecule has 1 atom stereocenters. The predicted octanol–water partition coefficient (Wildman–Crippen LogP) is 4.32. The highest BCUT2D eigenvalue weighted by Crippen LogP contribution is 2.31. The van der Waals surface area contributed by atoms with Crippen LogP contribution in [0.15, 0.2) is 48.5 Å². The molecule has 1 fully saturated rings. The van der Waals surface area contributed by atoms with Crippen LogP contribution >= 0.6 is 11.6 Å². The van der Waals surface area contributed by atoms with Crippen LogP contribution in [0, 0.1) is 0 Å². The van der Waals surface area contributed by atoms with Crippen molar-refractivity contribution in [3.05, 3.63) is 64.7 Å². The summed E-state index contributed by atoms with van der Waals surface area (Å²) in [6.07, 6.45) is -4.23. The van der Waals surface area contributed by atoms with Gasteiger partial charge in [0.25, 0.3) is 0 Å². The molecule has 0 aliphatic carbocycles. The molecule has 3 rings (SSSR count). The molecule has 5 nitrogen and oxygen atoms in total. The SMILES string of the molecule is O=C(CCOc1ccc(Cl)cc1)NCC(c1ccc(C(F)(F)F)cc1)N1CCOCC1. The van der Waals surface area contributed by atoms with E-state index in [0.717, 1.165) is 12.1 Å². The first-order valence-corrected chi connectivity index (χ1v) is 10.3. The Morgan fingerprint density at radius 2 is 1.74 bits per heavy atom. The zero-order chi connectivity index (χ0) is 22.3. The molecule has 1 amide bonds. The van der Waals surface area contributed by atoms with Gasteiger partial charge in [0.2, 0.25) is 5.91 Å². The number of benzene rings is 2. The van der Waals surface area contributed by atoms with Gasteiger partial charge in [-0.05, 0) is 42.0 Å². The van der Waals surface area contributed by atoms with Crippen LogP contribution in [0.4, 0.5) is 13.2 Å². The number of carbonyl (C=O) groups is 1. The lowest BCUT2D eigenvalue weighted by atomic mass is 10.0. The lowest BCUT2D eigenvalue weighted by molar-refractivity contribution is -0.137. The first-order chi connectivity index (χ1) is 14.8. The fourth-order valence-corrected chi connectivity index (χ4v) is 3.46. The van der Waals surface area contributed by atoms with Crippen molar-refractivity contribution < 1.29 is 27.4 Å². The van der Waals surface area contributed by atoms with Gasteiger partial charge in [-0.3, -0.25) is 9.69 Å². The Hall–Kier alpha value is -2.29. The second kappa shape index (κ2) is 10.8. The monoisotopic (exact) mass is 456 g/mol. The van der Waals surface area contributed by atoms with Crippen LogP contribution in [-0.2, 0) is 15.7 Å². The number of nitrogens with zero attached hydrogens (tertiary/aromatic N) is 1. The number of carbonyl (C=O) groups excluding carboxylic acids is 1. The highest BCUT2D eigenvalue weighted by molar-refractivity contribution is 6.30. The summed E-state index contributed by atoms with van der Waals surface area (Å²) in [5, 5.41) is 3.47. The van der Waals surface area contributed by atoms with Crippen LogP contribution < -0.4 is 10.1 Å². The average Bonchev–Trinajstić information content (AvgIpc) is 2.76. The fourth-order valence-electron chi connectivity index (χ4n) is 3.33. The number of alkyl halides is 3. The molecule has 0 radical (unpaired) electrons. The van der Waals surface area contributed by atoms with Crippen LogP contribution in [0.25, 0.3) is 0 Å². The Bertz CT molecular complexity index is 839. The van der Waals surface area contributed by atoms with Gasteiger partial charge in [-0.25, -0.2) is 0 Å². The van der Waals surface area contributed by atoms with Crippen molar-refractivity contribution in [2.24, 2.45) is 0 Å². The van der Waals surface area contributed by atoms with Gasteiger partial charge in [-0.1, -0.05) is 23.7 Å². The second-order valence-corrected chi connectivity index (χ2v) is 7.58. The minimum Gasteiger partial charge on any atom is -0.493 e. The van der Waals surface area contributed by atoms with Gasteiger partial charge in [-0.2, -0.15) is 13.2 Å². The largest absolute Gasteiger partial charge is 0.493 e. The second-order valence-electron chi connectivity index (χ2n) is 7.14. The van der Waals surface area contributed by atoms with E-state index in [1.54, 1.807) is 24.3 Å². The summed E-state index contributed by atoms with van der Waals surface area (Å²) in [4.78, 5) is 14.4. The van der Waals surface area contributed by atoms with Crippen molar-refractivity contribution in [2.75, 3.05) is 39.5 Å². The lowest BCUT2D eigenvalue weighted by Gasteiger charge is -2.35. The lowest BCUT2D eigenvalue weighted by Crippen LogP contribution is -2.44. The van der Waals surface area contributed by atoms with E-state index in [0.29, 0.717) is 42.6 Å². The molecule has 1 unspecified atom stereocenters. The van der Waals surface area contributed by atoms with Gasteiger partial charge in [0, 0.05) is 24.7 Å². The molecule has 2 aromatic carbocycles. The Balaban J connectivity index is 1.56. The van der Waals surface area contributed by atoms with Gasteiger partial charge in [0.05, 0.1) is 37.8 Å². The third-order valence-corrected chi connectivity index (χ3v) is 5.27. The van der Waals surface area contributed by atoms with Crippen LogP contribution in [0.3, 0.4) is 0 Å². The maximum absolute atomic E-state index is 12.9. The Morgan fingerprint density at radius 3 is 2.35 bits per heavy atom. The van der Waals surface area contributed by atoms with E-state index in [1.807, 2.05) is 0 Å². The van der Waals surface area contributed by atoms with E-state index in [2.05, 4.69) is 10.2 Å². The molecule has 0 bridgehead atoms. The summed E-state index contributed by atoms with van der Waals surface area (Å²) in [6.45, 7) is 2.85. The molecule has 0 saturated carbocycles. The first-order valence-electron chi connectivity index (χ1n) is 9.97. The van der Waals surface area contributed by atoms with E-state index in [-0.39, 0.29) is 31.5 Å². The fraction of sp³-hybridized carbons (Fsp3) is 0.409. The molecule has 168 valence electrons. The number of halogens is 4. The highest BCUT2D eigenvalue weighted by Gasteiger charge is 2.31. The number of hydrogen-bond donors (Lipinski definition) is 1. The summed E-state index contributed by atoms with van der Waals surface area (Å²) < 4.78 is 49.6. The maximum Gasteiger partial charge on any atom is 0.416 e. The first kappa shape index (κ1) is 23.4. The van der Waals surface area contributed by atoms with Gasteiger partial charge in [0.1, 0.15) is 5.75 Å². The molecule has 31 heavy (non-hydrogen) atoms. The average molecular weight is 457 g/mol. The molecule has 1 saturated heterocycles. The standard InChI is InChI=1S/C22H24ClF3N2O3/c23-18-5-7-19(8-6-18)31-12-9-21(29)27-15-20(28-10-13-30-14-11-28)16-1-3-17(4-2-16)22(24,25)26/h1-8,20H,9-15H2,(H,27,29). The Kier molecular flexibility index (Phi) is 8.17. The van der Waals surface area contributed by atoms with Crippen molar-refractivity contribution in [3.63, 3.8) is 0 Å². The van der Waals surface area contributed by atoms with Crippen molar-refractivity contribution in [1.82, 2.24) is 10.2 Å². The molecule has 2 aromatic rings. The number of rotatable bonds is 8. The van der Waals surface area contributed by atoms with Crippen molar-refractivity contribution in [1.29, 1.82) is 0 Å². The molecular formula is C22H24ClF3N2O3. The molecule has 1 aliphatic heterocycles. The molecular weight excluding hydrogens is 433 g/mol. The summed E-state index contributed by atoms with van der Waals surface area (Å²) in [6, 6.07) is 11.7. The molecule has 0 aromatic heterocycles. The van der Waals surface area contributed by atoms with Gasteiger partial charge in [-0.15, -0.1) is 0 Å². The normalized spacial score (nSPS) is 16.0. The number of amides is 1. The molecule has 1 aliphatic rings. The zero-order valence-corrected chi connectivity index (χ0v) is 17.6. The quantitative estimate of drug-likeness (QED) is 0.643. The topological polar surface area (TPSA) is 50.8 Å². The van der Waals surface area contributed by atoms with Gasteiger partial charge < -0.3 is 14.8 Å². The number of nitrogens with one attached hydrogen (secondary N) is 1. The van der Waals surface area contributed by atoms with Crippen molar-refractivity contribution in [3.8, 4) is 5.75 Å². The van der Waals surface area contributed by atoms with Crippen LogP contribution in [-0.4, -0.2) is 50.3 Å². The van der Waals surface area contributed by atoms with Crippen LogP contribution in [0.1, 0.15) is 23.6 Å². The van der Waals surface area contributed by atoms with E-state index in [9.17, 15) is 18.0 Å². The predicted molar refractivity (Wildman–Crippen MR) is 111 cm³/mol. The number of hydrogen-bond acceptors (Lipinski definition) is 4. The summed E-state index contributed by atoms with van der Waals surface area (Å²) >= 11 is 5.83. The summed E-state index contributed by atoms with van der Waals surface area (Å²) in [5.41, 5.74) is 0.0213. The highest BCUT2D eigenvalue weighted by atomic mass is 35.5. The molecule has 1 N–H and O–H groups in total. The van der Waals surface area contributed by atoms with Crippen LogP contribution in [0.2, 0.25) is 5.02 Å².